The summed E-state index contributed by atoms with van der Waals surface area (Å²) in [5, 5.41) is 10.9. The lowest BCUT2D eigenvalue weighted by atomic mass is 10.3. The Labute approximate surface area is 181 Å². The van der Waals surface area contributed by atoms with Crippen LogP contribution in [0, 0.1) is 6.92 Å². The number of hydrogen-bond acceptors (Lipinski definition) is 5. The number of alkyl halides is 3. The molecule has 27 heavy (non-hydrogen) atoms. The second kappa shape index (κ2) is 11.8. The number of aliphatic imine (C=N–C) groups is 1. The standard InChI is InChI=1S/C16H22F3N5S2.HI/c1-3-20-15(21-7-4-5-13-23-11(2)9-25-13)22-8-6-14-24-12(10-26-14)16(17,18)19;/h9-10H,3-8H2,1-2H3,(H2,20,21,22);1H. The van der Waals surface area contributed by atoms with Gasteiger partial charge in [0.25, 0.3) is 0 Å². The third-order valence-electron chi connectivity index (χ3n) is 3.30. The number of hydrogen-bond donors (Lipinski definition) is 2. The van der Waals surface area contributed by atoms with Crippen molar-refractivity contribution in [1.82, 2.24) is 20.6 Å². The molecule has 0 aromatic carbocycles. The van der Waals surface area contributed by atoms with Crippen LogP contribution in [0.25, 0.3) is 0 Å². The molecule has 2 aromatic heterocycles. The van der Waals surface area contributed by atoms with Gasteiger partial charge in [0.2, 0.25) is 0 Å². The molecule has 0 bridgehead atoms. The summed E-state index contributed by atoms with van der Waals surface area (Å²) in [6.45, 7) is 5.79. The molecule has 0 amide bonds. The van der Waals surface area contributed by atoms with E-state index >= 15 is 0 Å². The molecule has 152 valence electrons. The average molecular weight is 533 g/mol. The summed E-state index contributed by atoms with van der Waals surface area (Å²) in [5.41, 5.74) is 0.217. The quantitative estimate of drug-likeness (QED) is 0.230. The highest BCUT2D eigenvalue weighted by Gasteiger charge is 2.33. The average Bonchev–Trinajstić information content (AvgIpc) is 3.20. The summed E-state index contributed by atoms with van der Waals surface area (Å²) in [6, 6.07) is 0. The zero-order valence-corrected chi connectivity index (χ0v) is 19.1. The molecule has 0 unspecified atom stereocenters. The fourth-order valence-corrected chi connectivity index (χ4v) is 3.75. The van der Waals surface area contributed by atoms with Crippen molar-refractivity contribution in [3.63, 3.8) is 0 Å². The van der Waals surface area contributed by atoms with Gasteiger partial charge in [-0.15, -0.1) is 46.7 Å². The van der Waals surface area contributed by atoms with Gasteiger partial charge in [0.15, 0.2) is 11.7 Å². The minimum Gasteiger partial charge on any atom is -0.357 e. The predicted octanol–water partition coefficient (Wildman–Crippen LogP) is 4.28. The largest absolute Gasteiger partial charge is 0.434 e. The van der Waals surface area contributed by atoms with Gasteiger partial charge in [-0.3, -0.25) is 4.99 Å². The minimum atomic E-state index is -4.38. The highest BCUT2D eigenvalue weighted by molar-refractivity contribution is 14.0. The molecular formula is C16H23F3IN5S2. The Morgan fingerprint density at radius 3 is 2.41 bits per heavy atom. The van der Waals surface area contributed by atoms with Crippen LogP contribution >= 0.6 is 46.7 Å². The van der Waals surface area contributed by atoms with Crippen LogP contribution in [-0.4, -0.2) is 35.6 Å². The fraction of sp³-hybridized carbons (Fsp3) is 0.562. The lowest BCUT2D eigenvalue weighted by Crippen LogP contribution is -2.38. The van der Waals surface area contributed by atoms with Crippen molar-refractivity contribution in [2.24, 2.45) is 4.99 Å². The van der Waals surface area contributed by atoms with E-state index in [-0.39, 0.29) is 24.0 Å². The number of nitrogens with one attached hydrogen (secondary N) is 2. The number of nitrogens with zero attached hydrogens (tertiary/aromatic N) is 3. The lowest BCUT2D eigenvalue weighted by Gasteiger charge is -2.10. The summed E-state index contributed by atoms with van der Waals surface area (Å²) in [7, 11) is 0. The van der Waals surface area contributed by atoms with Crippen LogP contribution in [0.3, 0.4) is 0 Å². The fourth-order valence-electron chi connectivity index (χ4n) is 2.12. The Kier molecular flexibility index (Phi) is 10.5. The van der Waals surface area contributed by atoms with E-state index in [2.05, 4.69) is 25.6 Å². The molecule has 0 saturated heterocycles. The van der Waals surface area contributed by atoms with Crippen molar-refractivity contribution in [2.45, 2.75) is 39.3 Å². The van der Waals surface area contributed by atoms with Gasteiger partial charge < -0.3 is 10.6 Å². The van der Waals surface area contributed by atoms with E-state index in [1.165, 1.54) is 0 Å². The van der Waals surface area contributed by atoms with E-state index in [9.17, 15) is 13.2 Å². The second-order valence-electron chi connectivity index (χ2n) is 5.55. The molecule has 0 atom stereocenters. The van der Waals surface area contributed by atoms with Crippen LogP contribution < -0.4 is 10.6 Å². The Bertz CT molecular complexity index is 715. The Balaban J connectivity index is 0.00000364. The van der Waals surface area contributed by atoms with E-state index in [1.807, 2.05) is 19.2 Å². The molecule has 2 rings (SSSR count). The number of aryl methyl sites for hydroxylation is 2. The van der Waals surface area contributed by atoms with Gasteiger partial charge in [-0.2, -0.15) is 13.2 Å². The van der Waals surface area contributed by atoms with Crippen LogP contribution in [0.2, 0.25) is 0 Å². The summed E-state index contributed by atoms with van der Waals surface area (Å²) < 4.78 is 37.6. The molecule has 2 N–H and O–H groups in total. The minimum absolute atomic E-state index is 0. The molecule has 2 heterocycles. The first-order valence-corrected chi connectivity index (χ1v) is 10.1. The zero-order valence-electron chi connectivity index (χ0n) is 15.1. The van der Waals surface area contributed by atoms with Gasteiger partial charge in [-0.1, -0.05) is 0 Å². The van der Waals surface area contributed by atoms with Crippen LogP contribution in [0.5, 0.6) is 0 Å². The van der Waals surface area contributed by atoms with Gasteiger partial charge in [-0.25, -0.2) is 9.97 Å². The third-order valence-corrected chi connectivity index (χ3v) is 5.24. The molecule has 0 aliphatic carbocycles. The normalized spacial score (nSPS) is 12.0. The molecule has 11 heteroatoms. The molecule has 0 radical (unpaired) electrons. The maximum absolute atomic E-state index is 12.5. The first kappa shape index (κ1) is 24.1. The number of thiazole rings is 2. The van der Waals surface area contributed by atoms with Gasteiger partial charge in [0, 0.05) is 48.9 Å². The predicted molar refractivity (Wildman–Crippen MR) is 115 cm³/mol. The van der Waals surface area contributed by atoms with Crippen molar-refractivity contribution in [3.05, 3.63) is 32.2 Å². The highest BCUT2D eigenvalue weighted by atomic mass is 127. The summed E-state index contributed by atoms with van der Waals surface area (Å²) in [6.07, 6.45) is -2.18. The maximum atomic E-state index is 12.5. The van der Waals surface area contributed by atoms with Gasteiger partial charge in [-0.05, 0) is 20.3 Å². The molecule has 0 spiro atoms. The van der Waals surface area contributed by atoms with Crippen molar-refractivity contribution in [3.8, 4) is 0 Å². The van der Waals surface area contributed by atoms with Crippen LogP contribution in [0.4, 0.5) is 13.2 Å². The van der Waals surface area contributed by atoms with Crippen molar-refractivity contribution >= 4 is 52.6 Å². The first-order chi connectivity index (χ1) is 12.4. The van der Waals surface area contributed by atoms with E-state index in [0.29, 0.717) is 37.0 Å². The second-order valence-corrected chi connectivity index (χ2v) is 7.43. The number of rotatable bonds is 8. The number of aromatic nitrogens is 2. The zero-order chi connectivity index (χ0) is 19.0. The van der Waals surface area contributed by atoms with E-state index in [1.54, 1.807) is 11.3 Å². The number of guanidine groups is 1. The Morgan fingerprint density at radius 1 is 1.11 bits per heavy atom. The molecule has 2 aromatic rings. The van der Waals surface area contributed by atoms with Gasteiger partial charge >= 0.3 is 6.18 Å². The smallest absolute Gasteiger partial charge is 0.357 e. The summed E-state index contributed by atoms with van der Waals surface area (Å²) in [5.74, 6) is 0.662. The van der Waals surface area contributed by atoms with Crippen molar-refractivity contribution in [2.75, 3.05) is 19.6 Å². The van der Waals surface area contributed by atoms with Crippen molar-refractivity contribution in [1.29, 1.82) is 0 Å². The van der Waals surface area contributed by atoms with Crippen LogP contribution in [-0.2, 0) is 19.0 Å². The molecule has 0 aliphatic rings. The molecule has 5 nitrogen and oxygen atoms in total. The van der Waals surface area contributed by atoms with Gasteiger partial charge in [0.05, 0.1) is 10.0 Å². The lowest BCUT2D eigenvalue weighted by molar-refractivity contribution is -0.140. The Morgan fingerprint density at radius 2 is 1.81 bits per heavy atom. The monoisotopic (exact) mass is 533 g/mol. The van der Waals surface area contributed by atoms with Crippen LogP contribution in [0.1, 0.15) is 34.7 Å². The maximum Gasteiger partial charge on any atom is 0.434 e. The number of halogens is 4. The summed E-state index contributed by atoms with van der Waals surface area (Å²) in [4.78, 5) is 12.5. The van der Waals surface area contributed by atoms with Crippen molar-refractivity contribution < 1.29 is 13.2 Å². The SMILES string of the molecule is CCNC(=NCCCc1nc(C)cs1)NCCc1nc(C(F)(F)F)cs1.I. The molecule has 0 aliphatic heterocycles. The van der Waals surface area contributed by atoms with E-state index in [4.69, 9.17) is 0 Å². The third kappa shape index (κ3) is 8.73. The van der Waals surface area contributed by atoms with E-state index in [0.717, 1.165) is 40.3 Å². The Hall–Kier alpha value is -0.950. The van der Waals surface area contributed by atoms with Gasteiger partial charge in [0.1, 0.15) is 0 Å². The van der Waals surface area contributed by atoms with Crippen LogP contribution in [0.15, 0.2) is 15.8 Å². The van der Waals surface area contributed by atoms with E-state index < -0.39 is 11.9 Å². The molecule has 0 fully saturated rings. The first-order valence-electron chi connectivity index (χ1n) is 8.33. The molecular weight excluding hydrogens is 510 g/mol. The topological polar surface area (TPSA) is 62.2 Å². The molecule has 0 saturated carbocycles. The highest BCUT2D eigenvalue weighted by Crippen LogP contribution is 2.29. The summed E-state index contributed by atoms with van der Waals surface area (Å²) >= 11 is 2.68.